The van der Waals surface area contributed by atoms with E-state index in [1.165, 1.54) is 40.5 Å². The second-order valence-electron chi connectivity index (χ2n) is 18.1. The molecule has 1 aliphatic heterocycles. The van der Waals surface area contributed by atoms with E-state index in [1.54, 1.807) is 6.20 Å². The number of fused-ring (bicyclic) bond motifs is 1. The third-order valence-electron chi connectivity index (χ3n) is 8.82. The minimum atomic E-state index is -0.188. The molecule has 0 unspecified atom stereocenters. The number of halogens is 3. The van der Waals surface area contributed by atoms with Crippen LogP contribution in [0.25, 0.3) is 11.3 Å². The summed E-state index contributed by atoms with van der Waals surface area (Å²) in [7, 11) is 17.6. The summed E-state index contributed by atoms with van der Waals surface area (Å²) in [5.74, 6) is 0. The van der Waals surface area contributed by atoms with Gasteiger partial charge < -0.3 is 9.80 Å². The van der Waals surface area contributed by atoms with Gasteiger partial charge in [-0.15, -0.1) is 0 Å². The molecule has 5 rings (SSSR count). The van der Waals surface area contributed by atoms with E-state index in [0.717, 1.165) is 24.2 Å². The number of rotatable bonds is 5. The Balaban J connectivity index is 0.000000275. The second-order valence-corrected chi connectivity index (χ2v) is 28.6. The van der Waals surface area contributed by atoms with Gasteiger partial charge in [-0.1, -0.05) is 123 Å². The van der Waals surface area contributed by atoms with Crippen molar-refractivity contribution in [2.24, 2.45) is 0 Å². The molecule has 0 N–H and O–H groups in total. The van der Waals surface area contributed by atoms with E-state index in [0.29, 0.717) is 20.6 Å². The summed E-state index contributed by atoms with van der Waals surface area (Å²) in [6.07, 6.45) is 7.05. The van der Waals surface area contributed by atoms with Crippen LogP contribution in [0, 0.1) is 0 Å². The zero-order valence-electron chi connectivity index (χ0n) is 36.2. The van der Waals surface area contributed by atoms with E-state index in [9.17, 15) is 0 Å². The van der Waals surface area contributed by atoms with Crippen molar-refractivity contribution in [1.29, 1.82) is 0 Å². The number of hydrogen-bond acceptors (Lipinski definition) is 5. The third-order valence-corrected chi connectivity index (χ3v) is 16.0. The molecular weight excluding hydrogens is 875 g/mol. The van der Waals surface area contributed by atoms with Gasteiger partial charge in [0.1, 0.15) is 0 Å². The summed E-state index contributed by atoms with van der Waals surface area (Å²) in [4.78, 5) is 12.4. The van der Waals surface area contributed by atoms with Crippen molar-refractivity contribution in [3.8, 4) is 11.3 Å². The van der Waals surface area contributed by atoms with Gasteiger partial charge in [-0.05, 0) is 92.4 Å². The molecule has 1 aliphatic rings. The first-order valence-corrected chi connectivity index (χ1v) is 25.9. The Hall–Kier alpha value is -1.28. The molecule has 0 spiro atoms. The monoisotopic (exact) mass is 940 g/mol. The minimum absolute atomic E-state index is 0.106. The first kappa shape index (κ1) is 49.9. The standard InChI is InChI=1S/2C16H28NP.C11H11ClN4.2ClH.Pd/c2*1-15(2,3)18(16(4,5)6)14-11-9-13(10-12-14)17(7)8;12-11-13-5-4-9(15-11)8-7-14-16-6-2-1-3-10(8)16;;;/h2*9-12H,1-8H3;4-5,7H,1-3,6H2;2*1H;/q;;;;;+2/p-2. The summed E-state index contributed by atoms with van der Waals surface area (Å²) in [5, 5.41) is 9.04. The first-order valence-electron chi connectivity index (χ1n) is 18.8. The van der Waals surface area contributed by atoms with E-state index in [4.69, 9.17) is 30.7 Å². The second kappa shape index (κ2) is 21.6. The van der Waals surface area contributed by atoms with Crippen molar-refractivity contribution >= 4 is 68.5 Å². The maximum absolute atomic E-state index is 5.80. The maximum atomic E-state index is 5.80. The number of aromatic nitrogens is 4. The van der Waals surface area contributed by atoms with E-state index in [-0.39, 0.29) is 37.1 Å². The van der Waals surface area contributed by atoms with Gasteiger partial charge in [0, 0.05) is 63.6 Å². The van der Waals surface area contributed by atoms with Crippen molar-refractivity contribution in [2.45, 2.75) is 130 Å². The number of hydrogen-bond donors (Lipinski definition) is 0. The quantitative estimate of drug-likeness (QED) is 0.113. The van der Waals surface area contributed by atoms with Crippen LogP contribution in [0.5, 0.6) is 0 Å². The number of anilines is 2. The molecule has 0 fully saturated rings. The molecule has 0 saturated heterocycles. The molecule has 2 aromatic heterocycles. The molecule has 0 aliphatic carbocycles. The third kappa shape index (κ3) is 15.8. The molecule has 0 atom stereocenters. The van der Waals surface area contributed by atoms with E-state index in [2.05, 4.69) is 189 Å². The van der Waals surface area contributed by atoms with Crippen LogP contribution < -0.4 is 20.4 Å². The zero-order chi connectivity index (χ0) is 41.9. The van der Waals surface area contributed by atoms with Gasteiger partial charge >= 0.3 is 35.0 Å². The Morgan fingerprint density at radius 2 is 1.04 bits per heavy atom. The van der Waals surface area contributed by atoms with E-state index >= 15 is 0 Å². The molecule has 3 heterocycles. The van der Waals surface area contributed by atoms with Crippen LogP contribution in [0.3, 0.4) is 0 Å². The number of benzene rings is 2. The van der Waals surface area contributed by atoms with E-state index in [1.807, 2.05) is 12.3 Å². The Kier molecular flexibility index (Phi) is 19.6. The van der Waals surface area contributed by atoms with Crippen LogP contribution in [-0.4, -0.2) is 68.6 Å². The molecule has 310 valence electrons. The average molecular weight is 943 g/mol. The molecule has 0 saturated carbocycles. The fraction of sp³-hybridized carbons (Fsp3) is 0.558. The predicted molar refractivity (Wildman–Crippen MR) is 247 cm³/mol. The van der Waals surface area contributed by atoms with Crippen LogP contribution in [0.15, 0.2) is 67.0 Å². The van der Waals surface area contributed by atoms with Crippen LogP contribution in [0.1, 0.15) is 102 Å². The molecule has 0 radical (unpaired) electrons. The van der Waals surface area contributed by atoms with Gasteiger partial charge in [0.05, 0.1) is 11.9 Å². The molecule has 0 bridgehead atoms. The normalized spacial score (nSPS) is 13.2. The van der Waals surface area contributed by atoms with Crippen LogP contribution in [0.4, 0.5) is 11.4 Å². The van der Waals surface area contributed by atoms with Crippen LogP contribution in [0.2, 0.25) is 5.28 Å². The summed E-state index contributed by atoms with van der Waals surface area (Å²) >= 11 is 5.69. The Labute approximate surface area is 358 Å². The van der Waals surface area contributed by atoms with Gasteiger partial charge in [-0.3, -0.25) is 4.68 Å². The van der Waals surface area contributed by atoms with Crippen molar-refractivity contribution in [2.75, 3.05) is 38.0 Å². The summed E-state index contributed by atoms with van der Waals surface area (Å²) in [6.45, 7) is 29.4. The fourth-order valence-electron chi connectivity index (χ4n) is 7.48. The van der Waals surface area contributed by atoms with Crippen molar-refractivity contribution in [3.05, 3.63) is 78.0 Å². The predicted octanol–water partition coefficient (Wildman–Crippen LogP) is 12.6. The van der Waals surface area contributed by atoms with Gasteiger partial charge in [-0.2, -0.15) is 5.10 Å². The summed E-state index contributed by atoms with van der Waals surface area (Å²) in [6, 6.07) is 20.1. The molecule has 0 amide bonds. The Morgan fingerprint density at radius 1 is 0.636 bits per heavy atom. The van der Waals surface area contributed by atoms with Gasteiger partial charge in [-0.25, -0.2) is 9.97 Å². The van der Waals surface area contributed by atoms with Gasteiger partial charge in [0.15, 0.2) is 0 Å². The van der Waals surface area contributed by atoms with Crippen molar-refractivity contribution in [3.63, 3.8) is 0 Å². The van der Waals surface area contributed by atoms with Crippen LogP contribution >= 0.6 is 46.5 Å². The molecule has 6 nitrogen and oxygen atoms in total. The average Bonchev–Trinajstić information content (AvgIpc) is 3.48. The molecule has 55 heavy (non-hydrogen) atoms. The Bertz CT molecular complexity index is 1610. The van der Waals surface area contributed by atoms with Gasteiger partial charge in [0.25, 0.3) is 0 Å². The number of nitrogens with zero attached hydrogens (tertiary/aromatic N) is 6. The summed E-state index contributed by atoms with van der Waals surface area (Å²) < 4.78 is 2.06. The topological polar surface area (TPSA) is 50.1 Å². The first-order chi connectivity index (χ1) is 25.3. The molecule has 12 heteroatoms. The summed E-state index contributed by atoms with van der Waals surface area (Å²) in [5.41, 5.74) is 5.77. The molecule has 4 aromatic rings. The zero-order valence-corrected chi connectivity index (χ0v) is 41.8. The van der Waals surface area contributed by atoms with E-state index < -0.39 is 0 Å². The number of aryl methyl sites for hydroxylation is 1. The molecule has 2 aromatic carbocycles. The van der Waals surface area contributed by atoms with Gasteiger partial charge in [0.2, 0.25) is 5.28 Å². The van der Waals surface area contributed by atoms with Crippen molar-refractivity contribution < 1.29 is 15.9 Å². The SMILES string of the molecule is CN(C)c1ccc(P(C(C)(C)C)C(C)(C)C)cc1.CN(C)c1ccc(P(C(C)(C)C)C(C)(C)C)cc1.Clc1nccc(-c2cnn3c2CCCC3)n1.[Cl][Pd][Cl]. The fourth-order valence-corrected chi connectivity index (χ4v) is 15.6. The molecular formula is C43H67Cl3N6P2Pd. The van der Waals surface area contributed by atoms with Crippen molar-refractivity contribution in [1.82, 2.24) is 19.7 Å². The van der Waals surface area contributed by atoms with Crippen LogP contribution in [-0.2, 0) is 28.9 Å². The Morgan fingerprint density at radius 3 is 1.38 bits per heavy atom.